The van der Waals surface area contributed by atoms with E-state index >= 15 is 0 Å². The molecule has 0 aliphatic heterocycles. The van der Waals surface area contributed by atoms with Crippen molar-refractivity contribution in [2.24, 2.45) is 0 Å². The molecule has 2 aromatic carbocycles. The van der Waals surface area contributed by atoms with E-state index in [4.69, 9.17) is 9.47 Å². The lowest BCUT2D eigenvalue weighted by atomic mass is 10.1. The second-order valence-corrected chi connectivity index (χ2v) is 6.23. The van der Waals surface area contributed by atoms with E-state index in [0.29, 0.717) is 17.0 Å². The molecule has 0 radical (unpaired) electrons. The molecule has 28 heavy (non-hydrogen) atoms. The standard InChI is InChI=1S/C21H21FN2O4/c1-27-20-5-3-2-4-16(20)13-28-14-18(25)12-24-21(26)11-10-19(23-24)15-6-8-17(22)9-7-15/h2-11,18,25H,12-14H2,1H3. The molecule has 0 aliphatic rings. The molecule has 1 atom stereocenters. The summed E-state index contributed by atoms with van der Waals surface area (Å²) in [6.07, 6.45) is -0.914. The van der Waals surface area contributed by atoms with Crippen molar-refractivity contribution in [3.63, 3.8) is 0 Å². The Labute approximate surface area is 161 Å². The lowest BCUT2D eigenvalue weighted by Gasteiger charge is -2.14. The van der Waals surface area contributed by atoms with Gasteiger partial charge in [0.2, 0.25) is 0 Å². The van der Waals surface area contributed by atoms with Gasteiger partial charge < -0.3 is 14.6 Å². The van der Waals surface area contributed by atoms with E-state index in [2.05, 4.69) is 5.10 Å². The van der Waals surface area contributed by atoms with Gasteiger partial charge in [0.15, 0.2) is 0 Å². The number of rotatable bonds is 8. The van der Waals surface area contributed by atoms with Gasteiger partial charge in [-0.05, 0) is 36.4 Å². The summed E-state index contributed by atoms with van der Waals surface area (Å²) in [5, 5.41) is 14.5. The minimum absolute atomic E-state index is 0.0141. The molecule has 0 saturated heterocycles. The first kappa shape index (κ1) is 19.7. The normalized spacial score (nSPS) is 12.0. The molecular weight excluding hydrogens is 363 g/mol. The Hall–Kier alpha value is -3.03. The molecule has 3 aromatic rings. The van der Waals surface area contributed by atoms with Crippen LogP contribution in [-0.4, -0.2) is 34.7 Å². The van der Waals surface area contributed by atoms with Crippen LogP contribution in [0.4, 0.5) is 4.39 Å². The van der Waals surface area contributed by atoms with Crippen LogP contribution in [0.25, 0.3) is 11.3 Å². The molecule has 0 bridgehead atoms. The van der Waals surface area contributed by atoms with E-state index in [1.165, 1.54) is 22.9 Å². The van der Waals surface area contributed by atoms with Crippen molar-refractivity contribution in [1.29, 1.82) is 0 Å². The number of hydrogen-bond acceptors (Lipinski definition) is 5. The fourth-order valence-corrected chi connectivity index (χ4v) is 2.73. The van der Waals surface area contributed by atoms with Gasteiger partial charge >= 0.3 is 0 Å². The maximum Gasteiger partial charge on any atom is 0.266 e. The Morgan fingerprint density at radius 2 is 1.86 bits per heavy atom. The van der Waals surface area contributed by atoms with E-state index in [9.17, 15) is 14.3 Å². The summed E-state index contributed by atoms with van der Waals surface area (Å²) in [7, 11) is 1.58. The van der Waals surface area contributed by atoms with Crippen molar-refractivity contribution in [1.82, 2.24) is 9.78 Å². The number of aromatic nitrogens is 2. The second-order valence-electron chi connectivity index (χ2n) is 6.23. The number of ether oxygens (including phenoxy) is 2. The highest BCUT2D eigenvalue weighted by Gasteiger charge is 2.11. The Bertz CT molecular complexity index is 973. The summed E-state index contributed by atoms with van der Waals surface area (Å²) in [5.74, 6) is 0.363. The minimum Gasteiger partial charge on any atom is -0.496 e. The molecule has 1 N–H and O–H groups in total. The van der Waals surface area contributed by atoms with E-state index in [0.717, 1.165) is 5.56 Å². The number of methoxy groups -OCH3 is 1. The van der Waals surface area contributed by atoms with Crippen molar-refractivity contribution < 1.29 is 19.0 Å². The molecule has 0 fully saturated rings. The van der Waals surface area contributed by atoms with Crippen molar-refractivity contribution in [3.8, 4) is 17.0 Å². The van der Waals surface area contributed by atoms with Gasteiger partial charge in [-0.2, -0.15) is 5.10 Å². The molecule has 3 rings (SSSR count). The molecule has 0 saturated carbocycles. The highest BCUT2D eigenvalue weighted by molar-refractivity contribution is 5.57. The number of para-hydroxylation sites is 1. The summed E-state index contributed by atoms with van der Waals surface area (Å²) in [5.41, 5.74) is 1.72. The van der Waals surface area contributed by atoms with Crippen molar-refractivity contribution in [2.75, 3.05) is 13.7 Å². The first-order valence-corrected chi connectivity index (χ1v) is 8.78. The van der Waals surface area contributed by atoms with E-state index in [1.54, 1.807) is 25.3 Å². The first-order valence-electron chi connectivity index (χ1n) is 8.78. The Kier molecular flexibility index (Phi) is 6.52. The minimum atomic E-state index is -0.914. The van der Waals surface area contributed by atoms with Crippen molar-refractivity contribution >= 4 is 0 Å². The van der Waals surface area contributed by atoms with Crippen LogP contribution >= 0.6 is 0 Å². The van der Waals surface area contributed by atoms with Gasteiger partial charge in [0.25, 0.3) is 5.56 Å². The predicted octanol–water partition coefficient (Wildman–Crippen LogP) is 2.64. The van der Waals surface area contributed by atoms with Gasteiger partial charge in [-0.25, -0.2) is 9.07 Å². The van der Waals surface area contributed by atoms with Gasteiger partial charge in [-0.1, -0.05) is 18.2 Å². The van der Waals surface area contributed by atoms with Gasteiger partial charge in [-0.15, -0.1) is 0 Å². The van der Waals surface area contributed by atoms with Gasteiger partial charge in [0, 0.05) is 17.2 Å². The number of nitrogens with zero attached hydrogens (tertiary/aromatic N) is 2. The van der Waals surface area contributed by atoms with Gasteiger partial charge in [0.1, 0.15) is 11.6 Å². The molecular formula is C21H21FN2O4. The summed E-state index contributed by atoms with van der Waals surface area (Å²) < 4.78 is 25.1. The summed E-state index contributed by atoms with van der Waals surface area (Å²) in [6.45, 7) is 0.297. The lowest BCUT2D eigenvalue weighted by molar-refractivity contribution is 0.0175. The fraction of sp³-hybridized carbons (Fsp3) is 0.238. The highest BCUT2D eigenvalue weighted by Crippen LogP contribution is 2.18. The molecule has 146 valence electrons. The van der Waals surface area contributed by atoms with Crippen LogP contribution < -0.4 is 10.3 Å². The third-order valence-corrected chi connectivity index (χ3v) is 4.15. The quantitative estimate of drug-likeness (QED) is 0.646. The zero-order valence-corrected chi connectivity index (χ0v) is 15.4. The molecule has 1 heterocycles. The SMILES string of the molecule is COc1ccccc1COCC(O)Cn1nc(-c2ccc(F)cc2)ccc1=O. The lowest BCUT2D eigenvalue weighted by Crippen LogP contribution is -2.30. The third kappa shape index (κ3) is 5.03. The molecule has 7 heteroatoms. The van der Waals surface area contributed by atoms with Crippen LogP contribution in [0.1, 0.15) is 5.56 Å². The molecule has 1 unspecified atom stereocenters. The van der Waals surface area contributed by atoms with Crippen LogP contribution in [-0.2, 0) is 17.9 Å². The average Bonchev–Trinajstić information content (AvgIpc) is 2.70. The van der Waals surface area contributed by atoms with Crippen LogP contribution in [0.15, 0.2) is 65.5 Å². The number of aliphatic hydroxyl groups is 1. The highest BCUT2D eigenvalue weighted by atomic mass is 19.1. The van der Waals surface area contributed by atoms with Crippen molar-refractivity contribution in [3.05, 3.63) is 82.4 Å². The van der Waals surface area contributed by atoms with Gasteiger partial charge in [-0.3, -0.25) is 4.79 Å². The van der Waals surface area contributed by atoms with E-state index in [-0.39, 0.29) is 31.1 Å². The monoisotopic (exact) mass is 384 g/mol. The van der Waals surface area contributed by atoms with Crippen molar-refractivity contribution in [2.45, 2.75) is 19.3 Å². The number of benzene rings is 2. The summed E-state index contributed by atoms with van der Waals surface area (Å²) in [6, 6.07) is 16.2. The predicted molar refractivity (Wildman–Crippen MR) is 103 cm³/mol. The average molecular weight is 384 g/mol. The number of hydrogen-bond donors (Lipinski definition) is 1. The Morgan fingerprint density at radius 3 is 2.61 bits per heavy atom. The van der Waals surface area contributed by atoms with Crippen LogP contribution in [0.2, 0.25) is 0 Å². The maximum absolute atomic E-state index is 13.1. The zero-order valence-electron chi connectivity index (χ0n) is 15.4. The number of aliphatic hydroxyl groups excluding tert-OH is 1. The fourth-order valence-electron chi connectivity index (χ4n) is 2.73. The van der Waals surface area contributed by atoms with Gasteiger partial charge in [0.05, 0.1) is 38.7 Å². The largest absolute Gasteiger partial charge is 0.496 e. The first-order chi connectivity index (χ1) is 13.6. The Morgan fingerprint density at radius 1 is 1.11 bits per heavy atom. The zero-order chi connectivity index (χ0) is 19.9. The second kappa shape index (κ2) is 9.25. The number of halogens is 1. The third-order valence-electron chi connectivity index (χ3n) is 4.15. The summed E-state index contributed by atoms with van der Waals surface area (Å²) in [4.78, 5) is 12.0. The molecule has 0 amide bonds. The van der Waals surface area contributed by atoms with E-state index in [1.807, 2.05) is 24.3 Å². The van der Waals surface area contributed by atoms with E-state index < -0.39 is 6.10 Å². The van der Waals surface area contributed by atoms with Crippen LogP contribution in [0.3, 0.4) is 0 Å². The maximum atomic E-state index is 13.1. The molecule has 1 aromatic heterocycles. The summed E-state index contributed by atoms with van der Waals surface area (Å²) >= 11 is 0. The smallest absolute Gasteiger partial charge is 0.266 e. The molecule has 0 aliphatic carbocycles. The molecule has 6 nitrogen and oxygen atoms in total. The molecule has 0 spiro atoms. The topological polar surface area (TPSA) is 73.6 Å². The van der Waals surface area contributed by atoms with Crippen LogP contribution in [0.5, 0.6) is 5.75 Å². The van der Waals surface area contributed by atoms with Crippen LogP contribution in [0, 0.1) is 5.82 Å². The Balaban J connectivity index is 1.62.